The summed E-state index contributed by atoms with van der Waals surface area (Å²) in [6.45, 7) is 9.06. The summed E-state index contributed by atoms with van der Waals surface area (Å²) < 4.78 is 11.9. The summed E-state index contributed by atoms with van der Waals surface area (Å²) in [6.07, 6.45) is 9.05. The zero-order valence-corrected chi connectivity index (χ0v) is 16.4. The molecule has 4 rings (SSSR count). The standard InChI is InChI=1S/C23H32O2/c1-22(2,3)25-21-11-10-20-19-8-6-15-14-16(24-5)7-9-17(15)18(19)12-13-23(20,21)4/h7,9,12,14,19-21H,6,8,10-11,13H2,1-5H3. The van der Waals surface area contributed by atoms with Gasteiger partial charge in [-0.15, -0.1) is 0 Å². The maximum atomic E-state index is 6.50. The predicted octanol–water partition coefficient (Wildman–Crippen LogP) is 5.64. The van der Waals surface area contributed by atoms with E-state index in [1.807, 2.05) is 0 Å². The molecule has 0 aromatic heterocycles. The first kappa shape index (κ1) is 17.1. The van der Waals surface area contributed by atoms with Gasteiger partial charge in [-0.2, -0.15) is 0 Å². The number of ether oxygens (including phenoxy) is 2. The van der Waals surface area contributed by atoms with E-state index in [1.165, 1.54) is 36.8 Å². The molecule has 0 radical (unpaired) electrons. The van der Waals surface area contributed by atoms with Gasteiger partial charge in [0.1, 0.15) is 5.75 Å². The lowest BCUT2D eigenvalue weighted by Crippen LogP contribution is -2.43. The molecular weight excluding hydrogens is 308 g/mol. The Kier molecular flexibility index (Phi) is 4.03. The highest BCUT2D eigenvalue weighted by Crippen LogP contribution is 2.59. The molecule has 4 atom stereocenters. The molecule has 0 amide bonds. The van der Waals surface area contributed by atoms with Crippen LogP contribution in [0.25, 0.3) is 5.57 Å². The number of hydrogen-bond acceptors (Lipinski definition) is 2. The zero-order chi connectivity index (χ0) is 17.8. The highest BCUT2D eigenvalue weighted by atomic mass is 16.5. The fourth-order valence-electron chi connectivity index (χ4n) is 5.65. The fraction of sp³-hybridized carbons (Fsp3) is 0.652. The first-order valence-electron chi connectivity index (χ1n) is 9.87. The second kappa shape index (κ2) is 5.87. The summed E-state index contributed by atoms with van der Waals surface area (Å²) in [5, 5.41) is 0. The maximum Gasteiger partial charge on any atom is 0.119 e. The van der Waals surface area contributed by atoms with Crippen LogP contribution in [0.3, 0.4) is 0 Å². The van der Waals surface area contributed by atoms with Gasteiger partial charge >= 0.3 is 0 Å². The molecular formula is C23H32O2. The van der Waals surface area contributed by atoms with Gasteiger partial charge in [0.2, 0.25) is 0 Å². The third kappa shape index (κ3) is 2.83. The van der Waals surface area contributed by atoms with Gasteiger partial charge < -0.3 is 9.47 Å². The number of benzene rings is 1. The highest BCUT2D eigenvalue weighted by Gasteiger charge is 2.53. The van der Waals surface area contributed by atoms with Crippen molar-refractivity contribution in [2.75, 3.05) is 7.11 Å². The van der Waals surface area contributed by atoms with Gasteiger partial charge in [-0.05, 0) is 93.5 Å². The molecule has 0 heterocycles. The number of rotatable bonds is 2. The topological polar surface area (TPSA) is 18.5 Å². The van der Waals surface area contributed by atoms with Crippen molar-refractivity contribution in [1.29, 1.82) is 0 Å². The summed E-state index contributed by atoms with van der Waals surface area (Å²) >= 11 is 0. The van der Waals surface area contributed by atoms with Gasteiger partial charge in [-0.25, -0.2) is 0 Å². The van der Waals surface area contributed by atoms with E-state index in [2.05, 4.69) is 52.0 Å². The van der Waals surface area contributed by atoms with Crippen LogP contribution in [0.4, 0.5) is 0 Å². The molecule has 2 heteroatoms. The lowest BCUT2D eigenvalue weighted by atomic mass is 9.60. The van der Waals surface area contributed by atoms with Gasteiger partial charge in [0.05, 0.1) is 18.8 Å². The van der Waals surface area contributed by atoms with Crippen LogP contribution in [0.2, 0.25) is 0 Å². The molecule has 2 nitrogen and oxygen atoms in total. The lowest BCUT2D eigenvalue weighted by Gasteiger charge is -2.47. The number of aryl methyl sites for hydroxylation is 1. The summed E-state index contributed by atoms with van der Waals surface area (Å²) in [5.74, 6) is 2.45. The average Bonchev–Trinajstić information content (AvgIpc) is 2.89. The highest BCUT2D eigenvalue weighted by molar-refractivity contribution is 5.73. The normalized spacial score (nSPS) is 34.0. The molecule has 1 saturated carbocycles. The first-order valence-corrected chi connectivity index (χ1v) is 9.87. The van der Waals surface area contributed by atoms with Crippen molar-refractivity contribution >= 4 is 5.57 Å². The Morgan fingerprint density at radius 2 is 1.92 bits per heavy atom. The van der Waals surface area contributed by atoms with Crippen LogP contribution in [0.1, 0.15) is 64.5 Å². The maximum absolute atomic E-state index is 6.50. The Hall–Kier alpha value is -1.28. The van der Waals surface area contributed by atoms with Crippen LogP contribution >= 0.6 is 0 Å². The summed E-state index contributed by atoms with van der Waals surface area (Å²) in [6, 6.07) is 6.64. The van der Waals surface area contributed by atoms with E-state index < -0.39 is 0 Å². The van der Waals surface area contributed by atoms with E-state index in [9.17, 15) is 0 Å². The van der Waals surface area contributed by atoms with E-state index in [1.54, 1.807) is 12.7 Å². The third-order valence-corrected chi connectivity index (χ3v) is 6.81. The van der Waals surface area contributed by atoms with Gasteiger partial charge in [-0.3, -0.25) is 0 Å². The van der Waals surface area contributed by atoms with Crippen molar-refractivity contribution < 1.29 is 9.47 Å². The minimum absolute atomic E-state index is 0.0533. The van der Waals surface area contributed by atoms with Gasteiger partial charge in [0.25, 0.3) is 0 Å². The Balaban J connectivity index is 1.66. The molecule has 4 unspecified atom stereocenters. The van der Waals surface area contributed by atoms with Crippen molar-refractivity contribution in [3.63, 3.8) is 0 Å². The van der Waals surface area contributed by atoms with E-state index in [-0.39, 0.29) is 5.60 Å². The fourth-order valence-corrected chi connectivity index (χ4v) is 5.65. The van der Waals surface area contributed by atoms with Crippen LogP contribution in [0, 0.1) is 17.3 Å². The number of allylic oxidation sites excluding steroid dienone is 2. The minimum Gasteiger partial charge on any atom is -0.497 e. The van der Waals surface area contributed by atoms with Crippen LogP contribution in [0.15, 0.2) is 24.3 Å². The Morgan fingerprint density at radius 3 is 2.64 bits per heavy atom. The third-order valence-electron chi connectivity index (χ3n) is 6.81. The Bertz CT molecular complexity index is 697. The van der Waals surface area contributed by atoms with E-state index in [0.717, 1.165) is 18.1 Å². The molecule has 0 bridgehead atoms. The molecule has 1 fully saturated rings. The number of methoxy groups -OCH3 is 1. The quantitative estimate of drug-likeness (QED) is 0.693. The van der Waals surface area contributed by atoms with Crippen molar-refractivity contribution in [1.82, 2.24) is 0 Å². The molecule has 1 aromatic carbocycles. The van der Waals surface area contributed by atoms with Gasteiger partial charge in [0, 0.05) is 5.41 Å². The van der Waals surface area contributed by atoms with E-state index >= 15 is 0 Å². The average molecular weight is 341 g/mol. The van der Waals surface area contributed by atoms with E-state index in [0.29, 0.717) is 17.4 Å². The molecule has 0 spiro atoms. The summed E-state index contributed by atoms with van der Waals surface area (Å²) in [7, 11) is 1.76. The predicted molar refractivity (Wildman–Crippen MR) is 103 cm³/mol. The first-order chi connectivity index (χ1) is 11.8. The lowest BCUT2D eigenvalue weighted by molar-refractivity contribution is -0.112. The van der Waals surface area contributed by atoms with Gasteiger partial charge in [0.15, 0.2) is 0 Å². The smallest absolute Gasteiger partial charge is 0.119 e. The van der Waals surface area contributed by atoms with Gasteiger partial charge in [-0.1, -0.05) is 19.1 Å². The van der Waals surface area contributed by atoms with Crippen molar-refractivity contribution in [2.45, 2.75) is 71.5 Å². The molecule has 1 aromatic rings. The molecule has 136 valence electrons. The second-order valence-corrected chi connectivity index (χ2v) is 9.44. The van der Waals surface area contributed by atoms with Crippen LogP contribution < -0.4 is 4.74 Å². The molecule has 25 heavy (non-hydrogen) atoms. The molecule has 3 aliphatic rings. The van der Waals surface area contributed by atoms with Crippen molar-refractivity contribution in [2.24, 2.45) is 17.3 Å². The Morgan fingerprint density at radius 1 is 1.12 bits per heavy atom. The summed E-state index contributed by atoms with van der Waals surface area (Å²) in [5.41, 5.74) is 4.78. The number of fused-ring (bicyclic) bond motifs is 5. The molecule has 0 aliphatic heterocycles. The van der Waals surface area contributed by atoms with Crippen LogP contribution in [0.5, 0.6) is 5.75 Å². The minimum atomic E-state index is -0.0533. The Labute approximate surface area is 152 Å². The van der Waals surface area contributed by atoms with Crippen molar-refractivity contribution in [3.8, 4) is 5.75 Å². The zero-order valence-electron chi connectivity index (χ0n) is 16.4. The van der Waals surface area contributed by atoms with E-state index in [4.69, 9.17) is 9.47 Å². The molecule has 0 saturated heterocycles. The monoisotopic (exact) mass is 340 g/mol. The van der Waals surface area contributed by atoms with Crippen LogP contribution in [-0.4, -0.2) is 18.8 Å². The SMILES string of the molecule is COc1ccc2c(c1)CCC1C2=CCC2(C)C(OC(C)(C)C)CCC12. The second-order valence-electron chi connectivity index (χ2n) is 9.44. The largest absolute Gasteiger partial charge is 0.497 e. The molecule has 3 aliphatic carbocycles. The van der Waals surface area contributed by atoms with Crippen molar-refractivity contribution in [3.05, 3.63) is 35.4 Å². The van der Waals surface area contributed by atoms with Crippen LogP contribution in [-0.2, 0) is 11.2 Å². The summed E-state index contributed by atoms with van der Waals surface area (Å²) in [4.78, 5) is 0. The number of hydrogen-bond donors (Lipinski definition) is 0. The molecule has 0 N–H and O–H groups in total.